The molecule has 0 saturated carbocycles. The van der Waals surface area contributed by atoms with Crippen LogP contribution in [0, 0.1) is 6.92 Å². The highest BCUT2D eigenvalue weighted by molar-refractivity contribution is 7.13. The Hall–Kier alpha value is -2.99. The van der Waals surface area contributed by atoms with E-state index in [4.69, 9.17) is 0 Å². The van der Waals surface area contributed by atoms with Gasteiger partial charge in [0.25, 0.3) is 5.56 Å². The number of benzene rings is 1. The first kappa shape index (κ1) is 16.5. The number of nitrogens with zero attached hydrogens (tertiary/aromatic N) is 3. The van der Waals surface area contributed by atoms with Crippen molar-refractivity contribution in [2.45, 2.75) is 13.5 Å². The van der Waals surface area contributed by atoms with Gasteiger partial charge in [0.1, 0.15) is 12.2 Å². The van der Waals surface area contributed by atoms with E-state index in [0.29, 0.717) is 11.3 Å². The van der Waals surface area contributed by atoms with Crippen molar-refractivity contribution in [2.75, 3.05) is 0 Å². The maximum Gasteiger partial charge on any atom is 0.267 e. The van der Waals surface area contributed by atoms with Gasteiger partial charge in [-0.25, -0.2) is 4.68 Å². The molecule has 0 fully saturated rings. The number of hydrogen-bond donors (Lipinski definition) is 0. The van der Waals surface area contributed by atoms with Crippen LogP contribution >= 0.6 is 11.3 Å². The number of Topliss-reactive ketones (excluding diaryl/α,β-unsaturated/α-hetero) is 1. The van der Waals surface area contributed by atoms with Crippen LogP contribution in [0.2, 0.25) is 0 Å². The minimum atomic E-state index is -0.281. The minimum absolute atomic E-state index is 0.0765. The molecule has 5 nitrogen and oxygen atoms in total. The summed E-state index contributed by atoms with van der Waals surface area (Å²) >= 11 is 1.55. The van der Waals surface area contributed by atoms with Crippen LogP contribution in [0.3, 0.4) is 0 Å². The fraction of sp³-hybridized carbons (Fsp3) is 0.150. The predicted molar refractivity (Wildman–Crippen MR) is 104 cm³/mol. The fourth-order valence-corrected chi connectivity index (χ4v) is 3.90. The van der Waals surface area contributed by atoms with E-state index in [2.05, 4.69) is 5.10 Å². The summed E-state index contributed by atoms with van der Waals surface area (Å²) in [4.78, 5) is 26.2. The third-order valence-electron chi connectivity index (χ3n) is 4.61. The fourth-order valence-electron chi connectivity index (χ4n) is 3.21. The Morgan fingerprint density at radius 3 is 2.69 bits per heavy atom. The molecule has 0 bridgehead atoms. The molecule has 130 valence electrons. The van der Waals surface area contributed by atoms with Crippen LogP contribution in [-0.2, 0) is 13.6 Å². The molecule has 0 saturated heterocycles. The quantitative estimate of drug-likeness (QED) is 0.520. The van der Waals surface area contributed by atoms with Crippen molar-refractivity contribution in [2.24, 2.45) is 7.05 Å². The van der Waals surface area contributed by atoms with Crippen LogP contribution in [0.1, 0.15) is 16.1 Å². The molecule has 4 rings (SSSR count). The van der Waals surface area contributed by atoms with Crippen molar-refractivity contribution in [3.63, 3.8) is 0 Å². The summed E-state index contributed by atoms with van der Waals surface area (Å²) < 4.78 is 3.25. The number of aryl methyl sites for hydroxylation is 1. The van der Waals surface area contributed by atoms with Gasteiger partial charge in [0.15, 0.2) is 5.78 Å². The van der Waals surface area contributed by atoms with E-state index >= 15 is 0 Å². The van der Waals surface area contributed by atoms with E-state index in [1.165, 1.54) is 10.7 Å². The van der Waals surface area contributed by atoms with E-state index in [9.17, 15) is 9.59 Å². The van der Waals surface area contributed by atoms with Crippen LogP contribution < -0.4 is 5.56 Å². The summed E-state index contributed by atoms with van der Waals surface area (Å²) in [7, 11) is 1.94. The molecule has 0 radical (unpaired) electrons. The minimum Gasteiger partial charge on any atom is -0.347 e. The molecule has 3 aromatic heterocycles. The van der Waals surface area contributed by atoms with E-state index < -0.39 is 0 Å². The van der Waals surface area contributed by atoms with E-state index in [-0.39, 0.29) is 17.9 Å². The number of thiophene rings is 1. The standard InChI is InChI=1S/C20H17N3O2S/c1-13-20(14-6-3-4-7-16(14)22(13)2)17(24)12-23-19(25)10-9-15(21-23)18-8-5-11-26-18/h3-11H,12H2,1-2H3. The van der Waals surface area contributed by atoms with Crippen molar-refractivity contribution < 1.29 is 4.79 Å². The number of hydrogen-bond acceptors (Lipinski definition) is 4. The van der Waals surface area contributed by atoms with Crippen molar-refractivity contribution in [3.8, 4) is 10.6 Å². The monoisotopic (exact) mass is 363 g/mol. The van der Waals surface area contributed by atoms with Gasteiger partial charge < -0.3 is 4.57 Å². The van der Waals surface area contributed by atoms with Crippen molar-refractivity contribution in [3.05, 3.63) is 75.5 Å². The SMILES string of the molecule is Cc1c(C(=O)Cn2nc(-c3cccs3)ccc2=O)c2ccccc2n1C. The average Bonchev–Trinajstić information content (AvgIpc) is 3.25. The van der Waals surface area contributed by atoms with Gasteiger partial charge in [0.2, 0.25) is 0 Å². The zero-order valence-corrected chi connectivity index (χ0v) is 15.3. The predicted octanol–water partition coefficient (Wildman–Crippen LogP) is 3.65. The molecule has 0 atom stereocenters. The lowest BCUT2D eigenvalue weighted by Gasteiger charge is -2.06. The lowest BCUT2D eigenvalue weighted by Crippen LogP contribution is -2.26. The Balaban J connectivity index is 1.75. The zero-order chi connectivity index (χ0) is 18.3. The van der Waals surface area contributed by atoms with Gasteiger partial charge in [0, 0.05) is 35.3 Å². The van der Waals surface area contributed by atoms with Gasteiger partial charge in [-0.1, -0.05) is 24.3 Å². The first-order chi connectivity index (χ1) is 12.6. The molecule has 1 aromatic carbocycles. The smallest absolute Gasteiger partial charge is 0.267 e. The topological polar surface area (TPSA) is 56.9 Å². The van der Waals surface area contributed by atoms with Gasteiger partial charge in [-0.15, -0.1) is 11.3 Å². The summed E-state index contributed by atoms with van der Waals surface area (Å²) in [6, 6.07) is 14.8. The maximum atomic E-state index is 13.0. The molecular weight excluding hydrogens is 346 g/mol. The van der Waals surface area contributed by atoms with Crippen LogP contribution in [0.4, 0.5) is 0 Å². The Bertz CT molecular complexity index is 1170. The van der Waals surface area contributed by atoms with Gasteiger partial charge in [0.05, 0.1) is 4.88 Å². The Morgan fingerprint density at radius 2 is 1.92 bits per heavy atom. The van der Waals surface area contributed by atoms with Crippen LogP contribution in [0.25, 0.3) is 21.5 Å². The van der Waals surface area contributed by atoms with E-state index in [1.807, 2.05) is 60.3 Å². The molecule has 0 amide bonds. The molecule has 26 heavy (non-hydrogen) atoms. The first-order valence-corrected chi connectivity index (χ1v) is 9.13. The third-order valence-corrected chi connectivity index (χ3v) is 5.50. The van der Waals surface area contributed by atoms with Gasteiger partial charge >= 0.3 is 0 Å². The normalized spacial score (nSPS) is 11.2. The third kappa shape index (κ3) is 2.68. The van der Waals surface area contributed by atoms with Crippen LogP contribution in [-0.4, -0.2) is 20.1 Å². The second-order valence-corrected chi connectivity index (χ2v) is 7.10. The van der Waals surface area contributed by atoms with Gasteiger partial charge in [-0.2, -0.15) is 5.10 Å². The summed E-state index contributed by atoms with van der Waals surface area (Å²) in [5, 5.41) is 7.24. The second-order valence-electron chi connectivity index (χ2n) is 6.15. The van der Waals surface area contributed by atoms with Crippen molar-refractivity contribution >= 4 is 28.0 Å². The summed E-state index contributed by atoms with van der Waals surface area (Å²) in [5.41, 5.74) is 2.96. The van der Waals surface area contributed by atoms with Crippen LogP contribution in [0.15, 0.2) is 58.7 Å². The molecule has 0 aliphatic carbocycles. The first-order valence-electron chi connectivity index (χ1n) is 8.25. The number of carbonyl (C=O) groups excluding carboxylic acids is 1. The number of rotatable bonds is 4. The van der Waals surface area contributed by atoms with Crippen LogP contribution in [0.5, 0.6) is 0 Å². The highest BCUT2D eigenvalue weighted by Gasteiger charge is 2.19. The summed E-state index contributed by atoms with van der Waals surface area (Å²) in [5.74, 6) is -0.114. The van der Waals surface area contributed by atoms with Crippen molar-refractivity contribution in [1.82, 2.24) is 14.3 Å². The van der Waals surface area contributed by atoms with E-state index in [1.54, 1.807) is 17.4 Å². The Labute approximate surface area is 154 Å². The molecule has 0 spiro atoms. The summed E-state index contributed by atoms with van der Waals surface area (Å²) in [6.45, 7) is 1.85. The Morgan fingerprint density at radius 1 is 1.12 bits per heavy atom. The lowest BCUT2D eigenvalue weighted by molar-refractivity contribution is 0.0966. The molecule has 0 aliphatic rings. The molecule has 3 heterocycles. The van der Waals surface area contributed by atoms with Gasteiger partial charge in [-0.05, 0) is 30.5 Å². The molecule has 6 heteroatoms. The number of fused-ring (bicyclic) bond motifs is 1. The molecular formula is C20H17N3O2S. The van der Waals surface area contributed by atoms with Crippen molar-refractivity contribution in [1.29, 1.82) is 0 Å². The number of carbonyl (C=O) groups is 1. The highest BCUT2D eigenvalue weighted by Crippen LogP contribution is 2.25. The largest absolute Gasteiger partial charge is 0.347 e. The molecule has 4 aromatic rings. The molecule has 0 unspecified atom stereocenters. The lowest BCUT2D eigenvalue weighted by atomic mass is 10.1. The van der Waals surface area contributed by atoms with Gasteiger partial charge in [-0.3, -0.25) is 9.59 Å². The zero-order valence-electron chi connectivity index (χ0n) is 14.5. The number of ketones is 1. The maximum absolute atomic E-state index is 13.0. The average molecular weight is 363 g/mol. The number of aromatic nitrogens is 3. The molecule has 0 aliphatic heterocycles. The van der Waals surface area contributed by atoms with E-state index in [0.717, 1.165) is 21.5 Å². The number of para-hydroxylation sites is 1. The molecule has 0 N–H and O–H groups in total. The second kappa shape index (κ2) is 6.38. The highest BCUT2D eigenvalue weighted by atomic mass is 32.1. The Kier molecular flexibility index (Phi) is 4.05. The summed E-state index contributed by atoms with van der Waals surface area (Å²) in [6.07, 6.45) is 0.